The molecule has 0 spiro atoms. The Morgan fingerprint density at radius 1 is 0.686 bits per heavy atom. The number of hydrogen-bond acceptors (Lipinski definition) is 2. The number of terminal acetylenes is 1. The fourth-order valence-corrected chi connectivity index (χ4v) is 5.97. The summed E-state index contributed by atoms with van der Waals surface area (Å²) in [5, 5.41) is 0. The minimum atomic E-state index is 0.160. The highest BCUT2D eigenvalue weighted by Gasteiger charge is 2.34. The first-order chi connectivity index (χ1) is 17.1. The normalized spacial score (nSPS) is 13.4. The molecule has 35 heavy (non-hydrogen) atoms. The summed E-state index contributed by atoms with van der Waals surface area (Å²) in [6.45, 7) is 9.47. The summed E-state index contributed by atoms with van der Waals surface area (Å²) in [6, 6.07) is 34.4. The van der Waals surface area contributed by atoms with Gasteiger partial charge in [-0.25, -0.2) is 0 Å². The van der Waals surface area contributed by atoms with Crippen molar-refractivity contribution in [1.82, 2.24) is 0 Å². The average Bonchev–Trinajstić information content (AvgIpc) is 3.15. The van der Waals surface area contributed by atoms with E-state index in [4.69, 9.17) is 6.42 Å². The lowest BCUT2D eigenvalue weighted by Gasteiger charge is -2.32. The number of fused-ring (bicyclic) bond motifs is 5. The maximum absolute atomic E-state index is 5.40. The van der Waals surface area contributed by atoms with Gasteiger partial charge in [-0.2, -0.15) is 0 Å². The van der Waals surface area contributed by atoms with Gasteiger partial charge in [-0.15, -0.1) is 12.3 Å². The summed E-state index contributed by atoms with van der Waals surface area (Å²) < 4.78 is 0. The van der Waals surface area contributed by atoms with Crippen LogP contribution in [0.2, 0.25) is 0 Å². The van der Waals surface area contributed by atoms with E-state index in [1.807, 2.05) is 25.6 Å². The van der Waals surface area contributed by atoms with Crippen molar-refractivity contribution in [3.8, 4) is 23.5 Å². The molecular weight excluding hydrogens is 442 g/mol. The third kappa shape index (κ3) is 4.75. The highest BCUT2D eigenvalue weighted by molar-refractivity contribution is 7.99. The molecule has 0 radical (unpaired) electrons. The largest absolute Gasteiger partial charge is 0.339 e. The SMILES string of the molecule is C#CCCN1c2ccccc2Sc2ccccc21.CC.CC1(C)c2ccccc2-c2ccccc21. The van der Waals surface area contributed by atoms with E-state index in [0.29, 0.717) is 0 Å². The van der Waals surface area contributed by atoms with Crippen LogP contribution in [0, 0.1) is 12.3 Å². The third-order valence-corrected chi connectivity index (χ3v) is 7.63. The predicted molar refractivity (Wildman–Crippen MR) is 153 cm³/mol. The molecule has 2 aliphatic rings. The lowest BCUT2D eigenvalue weighted by Crippen LogP contribution is -2.21. The molecule has 0 bridgehead atoms. The van der Waals surface area contributed by atoms with E-state index in [9.17, 15) is 0 Å². The Kier molecular flexibility index (Phi) is 7.69. The van der Waals surface area contributed by atoms with Crippen LogP contribution in [0.4, 0.5) is 11.4 Å². The monoisotopic (exact) mass is 475 g/mol. The van der Waals surface area contributed by atoms with Crippen LogP contribution in [0.15, 0.2) is 107 Å². The van der Waals surface area contributed by atoms with Gasteiger partial charge in [0.05, 0.1) is 11.4 Å². The summed E-state index contributed by atoms with van der Waals surface area (Å²) in [6.07, 6.45) is 6.16. The summed E-state index contributed by atoms with van der Waals surface area (Å²) in [7, 11) is 0. The molecule has 1 heterocycles. The van der Waals surface area contributed by atoms with Crippen LogP contribution in [0.3, 0.4) is 0 Å². The zero-order chi connectivity index (χ0) is 24.8. The summed E-state index contributed by atoms with van der Waals surface area (Å²) in [5.41, 5.74) is 8.38. The first-order valence-electron chi connectivity index (χ1n) is 12.4. The number of nitrogens with zero attached hydrogens (tertiary/aromatic N) is 1. The number of rotatable bonds is 2. The number of anilines is 2. The van der Waals surface area contributed by atoms with Crippen LogP contribution in [0.1, 0.15) is 45.2 Å². The van der Waals surface area contributed by atoms with E-state index < -0.39 is 0 Å². The fourth-order valence-electron chi connectivity index (χ4n) is 4.87. The van der Waals surface area contributed by atoms with Crippen molar-refractivity contribution in [2.45, 2.75) is 49.3 Å². The van der Waals surface area contributed by atoms with Gasteiger partial charge in [0.2, 0.25) is 0 Å². The number of hydrogen-bond donors (Lipinski definition) is 0. The van der Waals surface area contributed by atoms with Gasteiger partial charge < -0.3 is 4.90 Å². The lowest BCUT2D eigenvalue weighted by atomic mass is 9.82. The smallest absolute Gasteiger partial charge is 0.0553 e. The molecule has 2 heteroatoms. The molecule has 0 fully saturated rings. The van der Waals surface area contributed by atoms with Gasteiger partial charge >= 0.3 is 0 Å². The highest BCUT2D eigenvalue weighted by atomic mass is 32.2. The van der Waals surface area contributed by atoms with Crippen molar-refractivity contribution in [1.29, 1.82) is 0 Å². The zero-order valence-corrected chi connectivity index (χ0v) is 21.9. The van der Waals surface area contributed by atoms with Crippen molar-refractivity contribution in [3.63, 3.8) is 0 Å². The Hall–Kier alpha value is -3.41. The summed E-state index contributed by atoms with van der Waals surface area (Å²) >= 11 is 1.83. The van der Waals surface area contributed by atoms with Crippen LogP contribution in [0.25, 0.3) is 11.1 Å². The van der Waals surface area contributed by atoms with Gasteiger partial charge in [-0.3, -0.25) is 0 Å². The molecule has 0 N–H and O–H groups in total. The van der Waals surface area contributed by atoms with E-state index in [0.717, 1.165) is 13.0 Å². The van der Waals surface area contributed by atoms with E-state index in [2.05, 4.69) is 122 Å². The second-order valence-corrected chi connectivity index (χ2v) is 9.94. The lowest BCUT2D eigenvalue weighted by molar-refractivity contribution is 0.660. The minimum Gasteiger partial charge on any atom is -0.339 e. The second kappa shape index (κ2) is 10.9. The summed E-state index contributed by atoms with van der Waals surface area (Å²) in [5.74, 6) is 2.73. The maximum Gasteiger partial charge on any atom is 0.0553 e. The Labute approximate surface area is 215 Å². The molecule has 0 unspecified atom stereocenters. The first-order valence-corrected chi connectivity index (χ1v) is 13.2. The molecule has 1 aliphatic carbocycles. The van der Waals surface area contributed by atoms with Crippen molar-refractivity contribution in [2.75, 3.05) is 11.4 Å². The standard InChI is InChI=1S/C16H13NS.C15H14.C2H6/c1-2-3-12-17-13-8-4-6-10-15(13)18-16-11-7-5-9-14(16)17;1-15(2)13-9-5-3-7-11(13)12-8-4-6-10-14(12)15;1-2/h1,4-11H,3,12H2;3-10H,1-2H3;1-2H3. The van der Waals surface area contributed by atoms with E-state index >= 15 is 0 Å². The fraction of sp³-hybridized carbons (Fsp3) is 0.212. The van der Waals surface area contributed by atoms with Gasteiger partial charge in [0, 0.05) is 28.2 Å². The number of benzene rings is 4. The van der Waals surface area contributed by atoms with Gasteiger partial charge in [-0.1, -0.05) is 112 Å². The van der Waals surface area contributed by atoms with Gasteiger partial charge in [0.25, 0.3) is 0 Å². The molecule has 0 atom stereocenters. The van der Waals surface area contributed by atoms with Gasteiger partial charge in [0.1, 0.15) is 0 Å². The Morgan fingerprint density at radius 2 is 1.11 bits per heavy atom. The molecule has 176 valence electrons. The van der Waals surface area contributed by atoms with Crippen molar-refractivity contribution >= 4 is 23.1 Å². The van der Waals surface area contributed by atoms with Crippen LogP contribution in [-0.2, 0) is 5.41 Å². The van der Waals surface area contributed by atoms with Crippen molar-refractivity contribution in [3.05, 3.63) is 108 Å². The third-order valence-electron chi connectivity index (χ3n) is 6.50. The van der Waals surface area contributed by atoms with Crippen LogP contribution < -0.4 is 4.90 Å². The average molecular weight is 476 g/mol. The topological polar surface area (TPSA) is 3.24 Å². The second-order valence-electron chi connectivity index (χ2n) is 8.86. The van der Waals surface area contributed by atoms with Gasteiger partial charge in [-0.05, 0) is 46.5 Å². The first kappa shape index (κ1) is 24.7. The Bertz CT molecular complexity index is 1250. The molecule has 4 aromatic carbocycles. The van der Waals surface area contributed by atoms with Crippen LogP contribution >= 0.6 is 11.8 Å². The van der Waals surface area contributed by atoms with E-state index in [1.165, 1.54) is 43.4 Å². The quantitative estimate of drug-likeness (QED) is 0.266. The molecule has 0 saturated heterocycles. The van der Waals surface area contributed by atoms with E-state index in [-0.39, 0.29) is 5.41 Å². The highest BCUT2D eigenvalue weighted by Crippen LogP contribution is 2.48. The van der Waals surface area contributed by atoms with Gasteiger partial charge in [0.15, 0.2) is 0 Å². The minimum absolute atomic E-state index is 0.160. The molecule has 1 aliphatic heterocycles. The molecule has 6 rings (SSSR count). The predicted octanol–water partition coefficient (Wildman–Crippen LogP) is 9.33. The van der Waals surface area contributed by atoms with Crippen molar-refractivity contribution in [2.24, 2.45) is 0 Å². The molecule has 1 nitrogen and oxygen atoms in total. The molecule has 0 saturated carbocycles. The molecule has 0 aromatic heterocycles. The zero-order valence-electron chi connectivity index (χ0n) is 21.1. The van der Waals surface area contributed by atoms with Crippen LogP contribution in [-0.4, -0.2) is 6.54 Å². The van der Waals surface area contributed by atoms with E-state index in [1.54, 1.807) is 0 Å². The maximum atomic E-state index is 5.40. The van der Waals surface area contributed by atoms with Crippen LogP contribution in [0.5, 0.6) is 0 Å². The summed E-state index contributed by atoms with van der Waals surface area (Å²) in [4.78, 5) is 4.92. The van der Waals surface area contributed by atoms with Crippen molar-refractivity contribution < 1.29 is 0 Å². The number of para-hydroxylation sites is 2. The Morgan fingerprint density at radius 3 is 1.60 bits per heavy atom. The molecule has 4 aromatic rings. The molecule has 0 amide bonds. The molecular formula is C33H33NS. The Balaban J connectivity index is 0.000000156.